The fourth-order valence-electron chi connectivity index (χ4n) is 0.820. The van der Waals surface area contributed by atoms with E-state index in [2.05, 4.69) is 26.3 Å². The van der Waals surface area contributed by atoms with E-state index < -0.39 is 17.3 Å². The van der Waals surface area contributed by atoms with Crippen molar-refractivity contribution < 1.29 is 18.0 Å². The van der Waals surface area contributed by atoms with Gasteiger partial charge in [0.05, 0.1) is 12.6 Å². The third kappa shape index (κ3) is 3.37. The molecule has 5 nitrogen and oxygen atoms in total. The molecule has 0 saturated carbocycles. The van der Waals surface area contributed by atoms with Gasteiger partial charge in [-0.05, 0) is 18.5 Å². The summed E-state index contributed by atoms with van der Waals surface area (Å²) in [4.78, 5) is 3.37. The van der Waals surface area contributed by atoms with Crippen molar-refractivity contribution in [2.75, 3.05) is 13.2 Å². The fourth-order valence-corrected chi connectivity index (χ4v) is 0.897. The van der Waals surface area contributed by atoms with Crippen molar-refractivity contribution in [1.82, 2.24) is 10.1 Å². The van der Waals surface area contributed by atoms with Gasteiger partial charge in [-0.1, -0.05) is 5.16 Å². The second kappa shape index (κ2) is 4.82. The minimum Gasteiger partial charge on any atom is -0.380 e. The van der Waals surface area contributed by atoms with Crippen LogP contribution in [0.15, 0.2) is 4.52 Å². The highest BCUT2D eigenvalue weighted by Crippen LogP contribution is 2.30. The van der Waals surface area contributed by atoms with Crippen molar-refractivity contribution in [2.24, 2.45) is 5.73 Å². The third-order valence-electron chi connectivity index (χ3n) is 1.52. The number of hydrogen-bond acceptors (Lipinski definition) is 5. The Morgan fingerprint density at radius 1 is 1.67 bits per heavy atom. The van der Waals surface area contributed by atoms with E-state index in [1.807, 2.05) is 0 Å². The molecule has 1 aromatic heterocycles. The molecule has 1 rings (SSSR count). The highest BCUT2D eigenvalue weighted by atomic mass is 35.5. The second-order valence-corrected chi connectivity index (χ2v) is 3.20. The van der Waals surface area contributed by atoms with Crippen LogP contribution in [0.5, 0.6) is 0 Å². The second-order valence-electron chi connectivity index (χ2n) is 2.72. The molecule has 2 N–H and O–H groups in total. The van der Waals surface area contributed by atoms with E-state index in [0.717, 1.165) is 0 Å². The van der Waals surface area contributed by atoms with E-state index in [-0.39, 0.29) is 12.4 Å². The summed E-state index contributed by atoms with van der Waals surface area (Å²) in [6, 6.07) is -0.707. The number of hydrogen-bond donors (Lipinski definition) is 1. The van der Waals surface area contributed by atoms with E-state index in [1.54, 1.807) is 6.92 Å². The van der Waals surface area contributed by atoms with E-state index in [9.17, 15) is 8.78 Å². The van der Waals surface area contributed by atoms with Crippen molar-refractivity contribution in [3.05, 3.63) is 11.7 Å². The molecular formula is C7H10ClF2N3O2. The Labute approximate surface area is 89.5 Å². The van der Waals surface area contributed by atoms with Gasteiger partial charge in [-0.15, -0.1) is 0 Å². The molecule has 0 aliphatic heterocycles. The van der Waals surface area contributed by atoms with Gasteiger partial charge in [-0.3, -0.25) is 0 Å². The summed E-state index contributed by atoms with van der Waals surface area (Å²) in [5, 5.41) is -0.390. The zero-order chi connectivity index (χ0) is 11.5. The summed E-state index contributed by atoms with van der Waals surface area (Å²) < 4.78 is 34.2. The molecule has 0 bridgehead atoms. The molecule has 0 aromatic carbocycles. The monoisotopic (exact) mass is 241 g/mol. The van der Waals surface area contributed by atoms with Crippen LogP contribution < -0.4 is 5.73 Å². The normalized spacial score (nSPS) is 14.2. The van der Waals surface area contributed by atoms with Crippen molar-refractivity contribution in [1.29, 1.82) is 0 Å². The Morgan fingerprint density at radius 3 is 2.80 bits per heavy atom. The molecule has 86 valence electrons. The van der Waals surface area contributed by atoms with E-state index in [1.165, 1.54) is 0 Å². The molecule has 0 amide bonds. The van der Waals surface area contributed by atoms with Crippen molar-refractivity contribution in [2.45, 2.75) is 18.3 Å². The van der Waals surface area contributed by atoms with Crippen LogP contribution in [0.25, 0.3) is 0 Å². The molecule has 0 aliphatic carbocycles. The Hall–Kier alpha value is -0.790. The van der Waals surface area contributed by atoms with E-state index in [0.29, 0.717) is 6.61 Å². The molecule has 1 atom stereocenters. The van der Waals surface area contributed by atoms with E-state index >= 15 is 0 Å². The fraction of sp³-hybridized carbons (Fsp3) is 0.714. The molecule has 0 saturated heterocycles. The Morgan fingerprint density at radius 2 is 2.33 bits per heavy atom. The summed E-state index contributed by atoms with van der Waals surface area (Å²) in [7, 11) is 0. The number of alkyl halides is 3. The first-order chi connectivity index (χ1) is 6.95. The van der Waals surface area contributed by atoms with Crippen molar-refractivity contribution >= 4 is 11.6 Å². The van der Waals surface area contributed by atoms with Gasteiger partial charge in [0.25, 0.3) is 0 Å². The van der Waals surface area contributed by atoms with Gasteiger partial charge in [0.15, 0.2) is 5.82 Å². The molecule has 1 heterocycles. The molecule has 1 unspecified atom stereocenters. The summed E-state index contributed by atoms with van der Waals surface area (Å²) in [6.07, 6.45) is 0. The maximum absolute atomic E-state index is 12.5. The van der Waals surface area contributed by atoms with Crippen LogP contribution in [0.1, 0.15) is 24.7 Å². The maximum atomic E-state index is 12.5. The number of ether oxygens (including phenoxy) is 1. The Bertz CT molecular complexity index is 315. The van der Waals surface area contributed by atoms with Crippen LogP contribution in [0.3, 0.4) is 0 Å². The largest absolute Gasteiger partial charge is 0.400 e. The first-order valence-corrected chi connectivity index (χ1v) is 4.57. The average molecular weight is 242 g/mol. The first kappa shape index (κ1) is 12.3. The number of rotatable bonds is 5. The van der Waals surface area contributed by atoms with Crippen LogP contribution in [0.4, 0.5) is 8.78 Å². The van der Waals surface area contributed by atoms with Crippen molar-refractivity contribution in [3.8, 4) is 0 Å². The highest BCUT2D eigenvalue weighted by Gasteiger charge is 2.36. The average Bonchev–Trinajstić information content (AvgIpc) is 2.62. The molecular weight excluding hydrogens is 232 g/mol. The molecule has 8 heteroatoms. The maximum Gasteiger partial charge on any atom is 0.400 e. The standard InChI is InChI=1S/C7H10ClF2N3O2/c1-2-14-3-4(11)5-12-6(15-13-5)7(8,9)10/h4H,2-3,11H2,1H3. The topological polar surface area (TPSA) is 74.2 Å². The van der Waals surface area contributed by atoms with Crippen LogP contribution in [-0.2, 0) is 10.1 Å². The van der Waals surface area contributed by atoms with Gasteiger partial charge in [-0.25, -0.2) is 0 Å². The molecule has 15 heavy (non-hydrogen) atoms. The minimum absolute atomic E-state index is 0.0567. The Kier molecular flexibility index (Phi) is 3.95. The van der Waals surface area contributed by atoms with Gasteiger partial charge in [0.1, 0.15) is 0 Å². The Balaban J connectivity index is 2.67. The van der Waals surface area contributed by atoms with Crippen LogP contribution in [0.2, 0.25) is 0 Å². The summed E-state index contributed by atoms with van der Waals surface area (Å²) in [5.74, 6) is -1.02. The quantitative estimate of drug-likeness (QED) is 0.789. The lowest BCUT2D eigenvalue weighted by molar-refractivity contribution is 0.0550. The lowest BCUT2D eigenvalue weighted by Crippen LogP contribution is -2.18. The lowest BCUT2D eigenvalue weighted by Gasteiger charge is -2.05. The summed E-state index contributed by atoms with van der Waals surface area (Å²) in [5.41, 5.74) is 5.54. The van der Waals surface area contributed by atoms with Crippen LogP contribution in [0, 0.1) is 0 Å². The minimum atomic E-state index is -3.67. The molecule has 0 aliphatic rings. The summed E-state index contributed by atoms with van der Waals surface area (Å²) in [6.45, 7) is 2.37. The van der Waals surface area contributed by atoms with E-state index in [4.69, 9.17) is 10.5 Å². The molecule has 0 spiro atoms. The molecule has 1 aromatic rings. The zero-order valence-electron chi connectivity index (χ0n) is 7.91. The van der Waals surface area contributed by atoms with Gasteiger partial charge < -0.3 is 15.0 Å². The van der Waals surface area contributed by atoms with Crippen LogP contribution in [-0.4, -0.2) is 23.4 Å². The summed E-state index contributed by atoms with van der Waals surface area (Å²) >= 11 is 4.68. The number of nitrogens with two attached hydrogens (primary N) is 1. The van der Waals surface area contributed by atoms with Gasteiger partial charge >= 0.3 is 11.3 Å². The zero-order valence-corrected chi connectivity index (χ0v) is 8.67. The van der Waals surface area contributed by atoms with Gasteiger partial charge in [-0.2, -0.15) is 13.8 Å². The number of aromatic nitrogens is 2. The predicted octanol–water partition coefficient (Wildman–Crippen LogP) is 1.39. The smallest absolute Gasteiger partial charge is 0.380 e. The van der Waals surface area contributed by atoms with Crippen molar-refractivity contribution in [3.63, 3.8) is 0 Å². The lowest BCUT2D eigenvalue weighted by atomic mass is 10.3. The SMILES string of the molecule is CCOCC(N)c1noc(C(F)(F)Cl)n1. The number of halogens is 3. The molecule has 0 fully saturated rings. The third-order valence-corrected chi connectivity index (χ3v) is 1.68. The van der Waals surface area contributed by atoms with Gasteiger partial charge in [0.2, 0.25) is 0 Å². The van der Waals surface area contributed by atoms with Crippen LogP contribution >= 0.6 is 11.6 Å². The highest BCUT2D eigenvalue weighted by molar-refractivity contribution is 6.21. The number of nitrogens with zero attached hydrogens (tertiary/aromatic N) is 2. The molecule has 0 radical (unpaired) electrons. The predicted molar refractivity (Wildman–Crippen MR) is 47.5 cm³/mol. The first-order valence-electron chi connectivity index (χ1n) is 4.19. The van der Waals surface area contributed by atoms with Gasteiger partial charge in [0, 0.05) is 6.61 Å².